The van der Waals surface area contributed by atoms with Crippen LogP contribution in [0.1, 0.15) is 23.7 Å². The van der Waals surface area contributed by atoms with Crippen LogP contribution in [0.15, 0.2) is 24.3 Å². The second-order valence-electron chi connectivity index (χ2n) is 4.13. The highest BCUT2D eigenvalue weighted by atomic mass is 32.2. The fourth-order valence-electron chi connectivity index (χ4n) is 1.94. The second-order valence-corrected chi connectivity index (χ2v) is 5.43. The Hall–Kier alpha value is -1.17. The summed E-state index contributed by atoms with van der Waals surface area (Å²) in [5.74, 6) is -0.580. The Labute approximate surface area is 107 Å². The standard InChI is InChI=1S/C12H11F3O2S/c1-7-3-2-4-8(5-7)11-9(6-10(16)17-11)18-12(13,14)15/h2-5,9,11H,6H2,1H3/t9-,11+/m0/s1. The van der Waals surface area contributed by atoms with Crippen molar-refractivity contribution in [1.29, 1.82) is 0 Å². The summed E-state index contributed by atoms with van der Waals surface area (Å²) in [6.45, 7) is 1.84. The van der Waals surface area contributed by atoms with E-state index in [0.717, 1.165) is 5.56 Å². The minimum atomic E-state index is -4.36. The van der Waals surface area contributed by atoms with Gasteiger partial charge in [-0.05, 0) is 24.2 Å². The first kappa shape index (κ1) is 13.3. The van der Waals surface area contributed by atoms with Crippen LogP contribution in [-0.4, -0.2) is 16.7 Å². The number of hydrogen-bond donors (Lipinski definition) is 0. The maximum atomic E-state index is 12.4. The highest BCUT2D eigenvalue weighted by Crippen LogP contribution is 2.45. The third-order valence-electron chi connectivity index (χ3n) is 2.62. The molecule has 2 rings (SSSR count). The van der Waals surface area contributed by atoms with Gasteiger partial charge in [0, 0.05) is 0 Å². The average Bonchev–Trinajstić information content (AvgIpc) is 2.56. The molecular formula is C12H11F3O2S. The van der Waals surface area contributed by atoms with Gasteiger partial charge in [0.25, 0.3) is 0 Å². The summed E-state index contributed by atoms with van der Waals surface area (Å²) in [4.78, 5) is 11.2. The molecule has 1 aromatic rings. The molecule has 98 valence electrons. The molecule has 6 heteroatoms. The summed E-state index contributed by atoms with van der Waals surface area (Å²) in [5.41, 5.74) is -2.82. The van der Waals surface area contributed by atoms with Gasteiger partial charge in [0.1, 0.15) is 6.10 Å². The number of ether oxygens (including phenoxy) is 1. The molecule has 0 unspecified atom stereocenters. The lowest BCUT2D eigenvalue weighted by Gasteiger charge is -2.18. The number of thioether (sulfide) groups is 1. The Balaban J connectivity index is 2.22. The van der Waals surface area contributed by atoms with E-state index in [-0.39, 0.29) is 18.2 Å². The third kappa shape index (κ3) is 3.19. The summed E-state index contributed by atoms with van der Waals surface area (Å²) in [5, 5.41) is -0.903. The molecule has 0 aromatic heterocycles. The number of alkyl halides is 3. The number of halogens is 3. The molecule has 18 heavy (non-hydrogen) atoms. The van der Waals surface area contributed by atoms with E-state index >= 15 is 0 Å². The van der Waals surface area contributed by atoms with E-state index in [0.29, 0.717) is 5.56 Å². The maximum Gasteiger partial charge on any atom is 0.442 e. The number of cyclic esters (lactones) is 1. The fourth-order valence-corrected chi connectivity index (χ4v) is 2.84. The van der Waals surface area contributed by atoms with Crippen molar-refractivity contribution in [3.8, 4) is 0 Å². The highest BCUT2D eigenvalue weighted by Gasteiger charge is 2.44. The summed E-state index contributed by atoms with van der Waals surface area (Å²) in [6.07, 6.45) is -1.02. The van der Waals surface area contributed by atoms with E-state index in [9.17, 15) is 18.0 Å². The second kappa shape index (κ2) is 4.84. The van der Waals surface area contributed by atoms with Crippen LogP contribution in [0.25, 0.3) is 0 Å². The van der Waals surface area contributed by atoms with Crippen molar-refractivity contribution in [1.82, 2.24) is 0 Å². The molecule has 0 spiro atoms. The summed E-state index contributed by atoms with van der Waals surface area (Å²) in [7, 11) is 0. The number of hydrogen-bond acceptors (Lipinski definition) is 3. The van der Waals surface area contributed by atoms with Gasteiger partial charge in [0.15, 0.2) is 0 Å². The third-order valence-corrected chi connectivity index (χ3v) is 3.60. The molecule has 1 aliphatic rings. The Morgan fingerprint density at radius 2 is 2.11 bits per heavy atom. The van der Waals surface area contributed by atoms with E-state index in [1.165, 1.54) is 0 Å². The number of rotatable bonds is 2. The molecule has 0 amide bonds. The zero-order valence-electron chi connectivity index (χ0n) is 9.53. The van der Waals surface area contributed by atoms with E-state index in [1.807, 2.05) is 13.0 Å². The predicted molar refractivity (Wildman–Crippen MR) is 62.1 cm³/mol. The van der Waals surface area contributed by atoms with Gasteiger partial charge in [-0.1, -0.05) is 29.8 Å². The molecular weight excluding hydrogens is 265 g/mol. The van der Waals surface area contributed by atoms with Gasteiger partial charge in [-0.15, -0.1) is 0 Å². The monoisotopic (exact) mass is 276 g/mol. The Kier molecular flexibility index (Phi) is 3.56. The maximum absolute atomic E-state index is 12.4. The van der Waals surface area contributed by atoms with Crippen LogP contribution in [-0.2, 0) is 9.53 Å². The first-order valence-corrected chi connectivity index (χ1v) is 6.24. The molecule has 2 nitrogen and oxygen atoms in total. The molecule has 0 bridgehead atoms. The van der Waals surface area contributed by atoms with Gasteiger partial charge >= 0.3 is 11.5 Å². The zero-order chi connectivity index (χ0) is 13.3. The van der Waals surface area contributed by atoms with Crippen molar-refractivity contribution in [2.75, 3.05) is 0 Å². The van der Waals surface area contributed by atoms with Gasteiger partial charge in [-0.2, -0.15) is 13.2 Å². The molecule has 1 fully saturated rings. The van der Waals surface area contributed by atoms with Crippen molar-refractivity contribution >= 4 is 17.7 Å². The Bertz CT molecular complexity index is 459. The van der Waals surface area contributed by atoms with Crippen molar-refractivity contribution in [2.45, 2.75) is 30.2 Å². The molecule has 0 saturated carbocycles. The van der Waals surface area contributed by atoms with Crippen molar-refractivity contribution in [2.24, 2.45) is 0 Å². The number of carbonyl (C=O) groups excluding carboxylic acids is 1. The van der Waals surface area contributed by atoms with Crippen LogP contribution in [0.5, 0.6) is 0 Å². The number of carbonyl (C=O) groups is 1. The molecule has 1 saturated heterocycles. The zero-order valence-corrected chi connectivity index (χ0v) is 10.3. The van der Waals surface area contributed by atoms with Crippen LogP contribution in [0, 0.1) is 6.92 Å². The predicted octanol–water partition coefficient (Wildman–Crippen LogP) is 3.60. The number of aryl methyl sites for hydroxylation is 1. The normalized spacial score (nSPS) is 24.1. The van der Waals surface area contributed by atoms with Gasteiger partial charge in [0.05, 0.1) is 11.7 Å². The van der Waals surface area contributed by atoms with E-state index in [1.54, 1.807) is 18.2 Å². The summed E-state index contributed by atoms with van der Waals surface area (Å²) < 4.78 is 42.2. The number of esters is 1. The smallest absolute Gasteiger partial charge is 0.442 e. The number of benzene rings is 1. The fraction of sp³-hybridized carbons (Fsp3) is 0.417. The molecule has 1 aromatic carbocycles. The minimum absolute atomic E-state index is 0.169. The van der Waals surface area contributed by atoms with Gasteiger partial charge in [-0.3, -0.25) is 4.79 Å². The van der Waals surface area contributed by atoms with Crippen molar-refractivity contribution in [3.63, 3.8) is 0 Å². The van der Waals surface area contributed by atoms with Gasteiger partial charge in [0.2, 0.25) is 0 Å². The van der Waals surface area contributed by atoms with E-state index in [4.69, 9.17) is 4.74 Å². The molecule has 0 radical (unpaired) electrons. The lowest BCUT2D eigenvalue weighted by atomic mass is 10.0. The Morgan fingerprint density at radius 1 is 1.39 bits per heavy atom. The molecule has 1 aliphatic heterocycles. The van der Waals surface area contributed by atoms with Gasteiger partial charge in [-0.25, -0.2) is 0 Å². The first-order valence-electron chi connectivity index (χ1n) is 5.36. The van der Waals surface area contributed by atoms with Crippen molar-refractivity contribution < 1.29 is 22.7 Å². The lowest BCUT2D eigenvalue weighted by Crippen LogP contribution is -2.15. The van der Waals surface area contributed by atoms with Crippen LogP contribution < -0.4 is 0 Å². The van der Waals surface area contributed by atoms with Crippen LogP contribution in [0.4, 0.5) is 13.2 Å². The molecule has 0 N–H and O–H groups in total. The minimum Gasteiger partial charge on any atom is -0.456 e. The average molecular weight is 276 g/mol. The van der Waals surface area contributed by atoms with E-state index in [2.05, 4.69) is 0 Å². The largest absolute Gasteiger partial charge is 0.456 e. The SMILES string of the molecule is Cc1cccc([C@H]2OC(=O)C[C@@H]2SC(F)(F)F)c1. The topological polar surface area (TPSA) is 26.3 Å². The molecule has 0 aliphatic carbocycles. The van der Waals surface area contributed by atoms with Crippen molar-refractivity contribution in [3.05, 3.63) is 35.4 Å². The quantitative estimate of drug-likeness (QED) is 0.772. The summed E-state index contributed by atoms with van der Waals surface area (Å²) >= 11 is -0.169. The van der Waals surface area contributed by atoms with Crippen LogP contribution in [0.3, 0.4) is 0 Å². The van der Waals surface area contributed by atoms with E-state index < -0.39 is 22.8 Å². The first-order chi connectivity index (χ1) is 8.35. The summed E-state index contributed by atoms with van der Waals surface area (Å²) in [6, 6.07) is 7.01. The lowest BCUT2D eigenvalue weighted by molar-refractivity contribution is -0.141. The molecule has 2 atom stereocenters. The molecule has 1 heterocycles. The highest BCUT2D eigenvalue weighted by molar-refractivity contribution is 8.00. The van der Waals surface area contributed by atoms with Crippen LogP contribution in [0.2, 0.25) is 0 Å². The Morgan fingerprint density at radius 3 is 2.72 bits per heavy atom. The van der Waals surface area contributed by atoms with Crippen LogP contribution >= 0.6 is 11.8 Å². The van der Waals surface area contributed by atoms with Gasteiger partial charge < -0.3 is 4.74 Å².